The molecule has 0 saturated carbocycles. The van der Waals surface area contributed by atoms with Gasteiger partial charge in [0.1, 0.15) is 0 Å². The molecule has 0 fully saturated rings. The molecule has 0 radical (unpaired) electrons. The number of nitrogens with one attached hydrogen (secondary N) is 1. The van der Waals surface area contributed by atoms with E-state index in [9.17, 15) is 13.2 Å². The minimum absolute atomic E-state index is 0.0254. The smallest absolute Gasteiger partial charge is 0.278 e. The summed E-state index contributed by atoms with van der Waals surface area (Å²) in [6.07, 6.45) is 1.57. The molecule has 1 aliphatic rings. The number of hydrogen-bond acceptors (Lipinski definition) is 6. The fourth-order valence-corrected chi connectivity index (χ4v) is 4.43. The molecule has 4 rings (SSSR count). The van der Waals surface area contributed by atoms with Crippen LogP contribution in [-0.2, 0) is 15.6 Å². The van der Waals surface area contributed by atoms with Crippen LogP contribution >= 0.6 is 0 Å². The number of anilines is 1. The minimum Gasteiger partial charge on any atom is -0.355 e. The predicted octanol–water partition coefficient (Wildman–Crippen LogP) is 2.58. The van der Waals surface area contributed by atoms with Crippen LogP contribution in [-0.4, -0.2) is 24.5 Å². The molecule has 25 heavy (non-hydrogen) atoms. The Bertz CT molecular complexity index is 1100. The fraction of sp³-hybridized carbons (Fsp3) is 0.118. The third-order valence-corrected chi connectivity index (χ3v) is 5.65. The molecule has 7 nitrogen and oxygen atoms in total. The molecule has 0 saturated heterocycles. The van der Waals surface area contributed by atoms with Crippen molar-refractivity contribution in [3.8, 4) is 11.3 Å². The van der Waals surface area contributed by atoms with Crippen molar-refractivity contribution in [1.82, 2.24) is 10.1 Å². The molecule has 1 N–H and O–H groups in total. The van der Waals surface area contributed by atoms with E-state index in [1.165, 1.54) is 6.07 Å². The van der Waals surface area contributed by atoms with Crippen LogP contribution in [0.2, 0.25) is 0 Å². The van der Waals surface area contributed by atoms with Gasteiger partial charge in [-0.2, -0.15) is 0 Å². The Morgan fingerprint density at radius 3 is 2.84 bits per heavy atom. The van der Waals surface area contributed by atoms with E-state index in [-0.39, 0.29) is 21.9 Å². The number of sulfone groups is 1. The van der Waals surface area contributed by atoms with Gasteiger partial charge in [-0.3, -0.25) is 9.78 Å². The van der Waals surface area contributed by atoms with E-state index >= 15 is 0 Å². The van der Waals surface area contributed by atoms with Gasteiger partial charge in [-0.15, -0.1) is 0 Å². The van der Waals surface area contributed by atoms with E-state index in [0.29, 0.717) is 17.0 Å². The topological polar surface area (TPSA) is 102 Å². The van der Waals surface area contributed by atoms with E-state index in [1.54, 1.807) is 43.5 Å². The van der Waals surface area contributed by atoms with Crippen LogP contribution in [0.15, 0.2) is 52.0 Å². The highest BCUT2D eigenvalue weighted by atomic mass is 32.2. The number of benzene rings is 1. The summed E-state index contributed by atoms with van der Waals surface area (Å²) in [5.41, 5.74) is 1.98. The number of pyridine rings is 1. The summed E-state index contributed by atoms with van der Waals surface area (Å²) in [7, 11) is -3.55. The summed E-state index contributed by atoms with van der Waals surface area (Å²) >= 11 is 0. The van der Waals surface area contributed by atoms with Gasteiger partial charge >= 0.3 is 0 Å². The molecule has 0 bridgehead atoms. The number of hydrogen-bond donors (Lipinski definition) is 1. The molecule has 2 aromatic heterocycles. The van der Waals surface area contributed by atoms with Gasteiger partial charge in [0.05, 0.1) is 10.6 Å². The van der Waals surface area contributed by atoms with E-state index in [1.807, 2.05) is 0 Å². The lowest BCUT2D eigenvalue weighted by atomic mass is 10.1. The average Bonchev–Trinajstić information content (AvgIpc) is 2.98. The third kappa shape index (κ3) is 2.60. The molecule has 3 aromatic rings. The number of aromatic nitrogens is 2. The molecule has 1 aliphatic heterocycles. The molecular weight excluding hydrogens is 342 g/mol. The van der Waals surface area contributed by atoms with Crippen molar-refractivity contribution in [2.75, 3.05) is 5.32 Å². The van der Waals surface area contributed by atoms with Crippen molar-refractivity contribution in [3.05, 3.63) is 59.5 Å². The zero-order valence-corrected chi connectivity index (χ0v) is 14.0. The highest BCUT2D eigenvalue weighted by Gasteiger charge is 2.35. The second-order valence-corrected chi connectivity index (χ2v) is 7.69. The van der Waals surface area contributed by atoms with E-state index < -0.39 is 15.7 Å². The normalized spacial score (nSPS) is 14.4. The van der Waals surface area contributed by atoms with Gasteiger partial charge in [-0.1, -0.05) is 17.3 Å². The lowest BCUT2D eigenvalue weighted by molar-refractivity contribution is 0.101. The van der Waals surface area contributed by atoms with Gasteiger partial charge < -0.3 is 9.84 Å². The van der Waals surface area contributed by atoms with Crippen LogP contribution in [0, 0.1) is 6.92 Å². The van der Waals surface area contributed by atoms with Crippen molar-refractivity contribution in [2.45, 2.75) is 17.6 Å². The maximum absolute atomic E-state index is 12.5. The second kappa shape index (κ2) is 5.52. The average molecular weight is 355 g/mol. The Labute approximate surface area is 143 Å². The predicted molar refractivity (Wildman–Crippen MR) is 89.8 cm³/mol. The Morgan fingerprint density at radius 2 is 2.04 bits per heavy atom. The van der Waals surface area contributed by atoms with Gasteiger partial charge in [-0.25, -0.2) is 8.42 Å². The van der Waals surface area contributed by atoms with Gasteiger partial charge in [0.15, 0.2) is 21.3 Å². The van der Waals surface area contributed by atoms with Crippen LogP contribution in [0.1, 0.15) is 21.7 Å². The third-order valence-electron chi connectivity index (χ3n) is 3.96. The maximum atomic E-state index is 12.5. The molecule has 1 aromatic carbocycles. The van der Waals surface area contributed by atoms with Crippen molar-refractivity contribution >= 4 is 21.4 Å². The van der Waals surface area contributed by atoms with Gasteiger partial charge in [0, 0.05) is 28.7 Å². The molecule has 0 spiro atoms. The molecule has 126 valence electrons. The van der Waals surface area contributed by atoms with E-state index in [2.05, 4.69) is 15.5 Å². The molecule has 1 amide bonds. The zero-order valence-electron chi connectivity index (χ0n) is 13.2. The first-order valence-electron chi connectivity index (χ1n) is 7.50. The molecule has 0 unspecified atom stereocenters. The van der Waals surface area contributed by atoms with Crippen molar-refractivity contribution < 1.29 is 17.7 Å². The Kier molecular flexibility index (Phi) is 3.43. The lowest BCUT2D eigenvalue weighted by Crippen LogP contribution is -2.18. The van der Waals surface area contributed by atoms with Gasteiger partial charge in [0.25, 0.3) is 5.91 Å². The molecular formula is C17H13N3O4S. The summed E-state index contributed by atoms with van der Waals surface area (Å²) in [4.78, 5) is 16.8. The highest BCUT2D eigenvalue weighted by Crippen LogP contribution is 2.39. The van der Waals surface area contributed by atoms with Gasteiger partial charge in [0.2, 0.25) is 0 Å². The number of amides is 1. The van der Waals surface area contributed by atoms with Crippen LogP contribution in [0.5, 0.6) is 0 Å². The summed E-state index contributed by atoms with van der Waals surface area (Å²) in [6, 6.07) is 9.88. The summed E-state index contributed by atoms with van der Waals surface area (Å²) in [6.45, 7) is 1.80. The first-order chi connectivity index (χ1) is 12.0. The number of rotatable bonds is 2. The summed E-state index contributed by atoms with van der Waals surface area (Å²) in [5, 5.41) is 6.50. The van der Waals surface area contributed by atoms with Crippen molar-refractivity contribution in [2.24, 2.45) is 0 Å². The van der Waals surface area contributed by atoms with Crippen LogP contribution in [0.25, 0.3) is 11.3 Å². The number of aryl methyl sites for hydroxylation is 1. The number of carbonyl (C=O) groups is 1. The second-order valence-electron chi connectivity index (χ2n) is 5.73. The first-order valence-corrected chi connectivity index (χ1v) is 9.15. The maximum Gasteiger partial charge on any atom is 0.278 e. The highest BCUT2D eigenvalue weighted by molar-refractivity contribution is 7.90. The molecule has 0 atom stereocenters. The lowest BCUT2D eigenvalue weighted by Gasteiger charge is -2.15. The summed E-state index contributed by atoms with van der Waals surface area (Å²) < 4.78 is 30.3. The molecule has 8 heteroatoms. The SMILES string of the molecule is Cc1cc(NC(=O)c2noc3c2CS(=O)(=O)c2ccccc2-3)ccn1. The molecule has 3 heterocycles. The zero-order chi connectivity index (χ0) is 17.6. The van der Waals surface area contributed by atoms with Crippen molar-refractivity contribution in [3.63, 3.8) is 0 Å². The van der Waals surface area contributed by atoms with Crippen LogP contribution in [0.3, 0.4) is 0 Å². The van der Waals surface area contributed by atoms with Gasteiger partial charge in [-0.05, 0) is 31.2 Å². The van der Waals surface area contributed by atoms with E-state index in [4.69, 9.17) is 4.52 Å². The Morgan fingerprint density at radius 1 is 1.24 bits per heavy atom. The number of carbonyl (C=O) groups excluding carboxylic acids is 1. The number of nitrogens with zero attached hydrogens (tertiary/aromatic N) is 2. The Balaban J connectivity index is 1.76. The quantitative estimate of drug-likeness (QED) is 0.758. The van der Waals surface area contributed by atoms with Crippen LogP contribution < -0.4 is 5.32 Å². The minimum atomic E-state index is -3.55. The Hall–Kier alpha value is -3.00. The monoisotopic (exact) mass is 355 g/mol. The largest absolute Gasteiger partial charge is 0.355 e. The standard InChI is InChI=1S/C17H13N3O4S/c1-10-8-11(6-7-18-10)19-17(21)15-13-9-25(22,23)14-5-3-2-4-12(14)16(13)24-20-15/h2-8H,9H2,1H3,(H,18,19,21). The van der Waals surface area contributed by atoms with Crippen molar-refractivity contribution in [1.29, 1.82) is 0 Å². The number of fused-ring (bicyclic) bond motifs is 3. The van der Waals surface area contributed by atoms with E-state index in [0.717, 1.165) is 5.69 Å². The summed E-state index contributed by atoms with van der Waals surface area (Å²) in [5.74, 6) is -0.521. The first kappa shape index (κ1) is 15.5. The van der Waals surface area contributed by atoms with Crippen LogP contribution in [0.4, 0.5) is 5.69 Å². The molecule has 0 aliphatic carbocycles. The fourth-order valence-electron chi connectivity index (χ4n) is 2.84.